The van der Waals surface area contributed by atoms with E-state index in [4.69, 9.17) is 21.3 Å². The molecule has 156 valence electrons. The number of carbonyl (C=O) groups is 1. The third-order valence-corrected chi connectivity index (χ3v) is 5.72. The van der Waals surface area contributed by atoms with Crippen LogP contribution in [0.25, 0.3) is 11.0 Å². The number of amides is 1. The third-order valence-electron chi connectivity index (χ3n) is 5.47. The molecule has 1 atom stereocenters. The standard InChI is InChI=1S/C24H26ClN3O2/c1-2-13-27-17-18(16-23(27)29)24-26-21-7-3-4-8-22(21)28(24)14-5-6-15-30-20-11-9-19(25)10-12-20/h2-4,7-12,18H,1,5-6,13-17H2/t18-/m1/s1. The van der Waals surface area contributed by atoms with Crippen LogP contribution in [0.15, 0.2) is 61.2 Å². The van der Waals surface area contributed by atoms with E-state index in [-0.39, 0.29) is 11.8 Å². The van der Waals surface area contributed by atoms with Gasteiger partial charge in [0.05, 0.1) is 17.6 Å². The minimum absolute atomic E-state index is 0.121. The van der Waals surface area contributed by atoms with Crippen molar-refractivity contribution in [3.63, 3.8) is 0 Å². The van der Waals surface area contributed by atoms with Gasteiger partial charge in [0.25, 0.3) is 0 Å². The Bertz CT molecular complexity index is 1030. The molecule has 1 amide bonds. The average Bonchev–Trinajstić information content (AvgIpc) is 3.30. The van der Waals surface area contributed by atoms with Crippen LogP contribution in [-0.4, -0.2) is 40.1 Å². The number of rotatable bonds is 9. The molecule has 1 saturated heterocycles. The number of halogens is 1. The zero-order valence-electron chi connectivity index (χ0n) is 17.0. The lowest BCUT2D eigenvalue weighted by molar-refractivity contribution is -0.127. The number of fused-ring (bicyclic) bond motifs is 1. The van der Waals surface area contributed by atoms with Gasteiger partial charge < -0.3 is 14.2 Å². The predicted molar refractivity (Wildman–Crippen MR) is 120 cm³/mol. The molecule has 1 aliphatic heterocycles. The van der Waals surface area contributed by atoms with Crippen molar-refractivity contribution in [1.29, 1.82) is 0 Å². The van der Waals surface area contributed by atoms with E-state index in [1.165, 1.54) is 0 Å². The molecule has 1 aliphatic rings. The molecule has 1 fully saturated rings. The second-order valence-electron chi connectivity index (χ2n) is 7.61. The molecule has 1 aromatic heterocycles. The molecule has 2 aromatic carbocycles. The van der Waals surface area contributed by atoms with Crippen molar-refractivity contribution in [1.82, 2.24) is 14.5 Å². The second-order valence-corrected chi connectivity index (χ2v) is 8.04. The number of nitrogens with zero attached hydrogens (tertiary/aromatic N) is 3. The zero-order chi connectivity index (χ0) is 20.9. The minimum atomic E-state index is 0.121. The molecular weight excluding hydrogens is 398 g/mol. The maximum Gasteiger partial charge on any atom is 0.223 e. The molecule has 4 rings (SSSR count). The van der Waals surface area contributed by atoms with Crippen molar-refractivity contribution in [3.8, 4) is 5.75 Å². The number of aryl methyl sites for hydroxylation is 1. The topological polar surface area (TPSA) is 47.4 Å². The first kappa shape index (κ1) is 20.5. The Hall–Kier alpha value is -2.79. The number of benzene rings is 2. The fourth-order valence-electron chi connectivity index (χ4n) is 4.01. The Kier molecular flexibility index (Phi) is 6.38. The summed E-state index contributed by atoms with van der Waals surface area (Å²) in [6, 6.07) is 15.6. The number of hydrogen-bond acceptors (Lipinski definition) is 3. The van der Waals surface area contributed by atoms with Crippen molar-refractivity contribution in [2.75, 3.05) is 19.7 Å². The molecule has 5 nitrogen and oxygen atoms in total. The van der Waals surface area contributed by atoms with E-state index in [1.807, 2.05) is 47.4 Å². The molecule has 2 heterocycles. The van der Waals surface area contributed by atoms with Gasteiger partial charge in [0.1, 0.15) is 11.6 Å². The van der Waals surface area contributed by atoms with E-state index in [0.717, 1.165) is 42.0 Å². The van der Waals surface area contributed by atoms with Crippen LogP contribution in [0.4, 0.5) is 0 Å². The normalized spacial score (nSPS) is 16.4. The van der Waals surface area contributed by atoms with Gasteiger partial charge in [0, 0.05) is 37.0 Å². The van der Waals surface area contributed by atoms with Crippen LogP contribution in [0.1, 0.15) is 31.0 Å². The van der Waals surface area contributed by atoms with Gasteiger partial charge in [-0.1, -0.05) is 29.8 Å². The Labute approximate surface area is 181 Å². The molecule has 0 spiro atoms. The van der Waals surface area contributed by atoms with Gasteiger partial charge in [0.15, 0.2) is 0 Å². The second kappa shape index (κ2) is 9.35. The first-order valence-electron chi connectivity index (χ1n) is 10.4. The lowest BCUT2D eigenvalue weighted by Gasteiger charge is -2.15. The van der Waals surface area contributed by atoms with Crippen LogP contribution < -0.4 is 4.74 Å². The van der Waals surface area contributed by atoms with E-state index in [2.05, 4.69) is 17.2 Å². The highest BCUT2D eigenvalue weighted by molar-refractivity contribution is 6.30. The first-order chi connectivity index (χ1) is 14.7. The molecule has 0 unspecified atom stereocenters. The average molecular weight is 424 g/mol. The molecule has 0 saturated carbocycles. The maximum atomic E-state index is 12.3. The fourth-order valence-corrected chi connectivity index (χ4v) is 4.14. The number of para-hydroxylation sites is 2. The molecular formula is C24H26ClN3O2. The first-order valence-corrected chi connectivity index (χ1v) is 10.8. The van der Waals surface area contributed by atoms with E-state index < -0.39 is 0 Å². The van der Waals surface area contributed by atoms with Gasteiger partial charge in [-0.3, -0.25) is 4.79 Å². The van der Waals surface area contributed by atoms with Gasteiger partial charge in [-0.15, -0.1) is 6.58 Å². The quantitative estimate of drug-likeness (QED) is 0.357. The lowest BCUT2D eigenvalue weighted by Crippen LogP contribution is -2.25. The van der Waals surface area contributed by atoms with E-state index in [1.54, 1.807) is 6.08 Å². The van der Waals surface area contributed by atoms with Crippen LogP contribution in [0, 0.1) is 0 Å². The van der Waals surface area contributed by atoms with E-state index in [9.17, 15) is 4.79 Å². The van der Waals surface area contributed by atoms with Gasteiger partial charge in [-0.2, -0.15) is 0 Å². The Morgan fingerprint density at radius 3 is 2.77 bits per heavy atom. The van der Waals surface area contributed by atoms with Crippen LogP contribution in [0.3, 0.4) is 0 Å². The van der Waals surface area contributed by atoms with Crippen molar-refractivity contribution in [3.05, 3.63) is 72.0 Å². The number of imidazole rings is 1. The Morgan fingerprint density at radius 2 is 1.97 bits per heavy atom. The van der Waals surface area contributed by atoms with Crippen molar-refractivity contribution < 1.29 is 9.53 Å². The molecule has 3 aromatic rings. The largest absolute Gasteiger partial charge is 0.494 e. The predicted octanol–water partition coefficient (Wildman–Crippen LogP) is 5.05. The summed E-state index contributed by atoms with van der Waals surface area (Å²) in [5.74, 6) is 2.14. The highest BCUT2D eigenvalue weighted by atomic mass is 35.5. The Balaban J connectivity index is 1.42. The van der Waals surface area contributed by atoms with Gasteiger partial charge in [-0.25, -0.2) is 4.98 Å². The minimum Gasteiger partial charge on any atom is -0.494 e. The summed E-state index contributed by atoms with van der Waals surface area (Å²) in [6.45, 7) is 6.56. The molecule has 0 N–H and O–H groups in total. The summed E-state index contributed by atoms with van der Waals surface area (Å²) >= 11 is 5.91. The monoisotopic (exact) mass is 423 g/mol. The van der Waals surface area contributed by atoms with Crippen molar-refractivity contribution in [2.45, 2.75) is 31.7 Å². The summed E-state index contributed by atoms with van der Waals surface area (Å²) in [4.78, 5) is 19.1. The van der Waals surface area contributed by atoms with Crippen molar-refractivity contribution >= 4 is 28.5 Å². The number of unbranched alkanes of at least 4 members (excludes halogenated alkanes) is 1. The Morgan fingerprint density at radius 1 is 1.17 bits per heavy atom. The number of ether oxygens (including phenoxy) is 1. The van der Waals surface area contributed by atoms with Crippen LogP contribution >= 0.6 is 11.6 Å². The van der Waals surface area contributed by atoms with E-state index in [0.29, 0.717) is 31.1 Å². The van der Waals surface area contributed by atoms with Gasteiger partial charge >= 0.3 is 0 Å². The smallest absolute Gasteiger partial charge is 0.223 e. The number of aromatic nitrogens is 2. The third kappa shape index (κ3) is 4.51. The molecule has 30 heavy (non-hydrogen) atoms. The summed E-state index contributed by atoms with van der Waals surface area (Å²) in [7, 11) is 0. The van der Waals surface area contributed by atoms with Crippen LogP contribution in [0.2, 0.25) is 5.02 Å². The number of likely N-dealkylation sites (tertiary alicyclic amines) is 1. The highest BCUT2D eigenvalue weighted by Crippen LogP contribution is 2.30. The number of hydrogen-bond donors (Lipinski definition) is 0. The molecule has 0 radical (unpaired) electrons. The summed E-state index contributed by atoms with van der Waals surface area (Å²) < 4.78 is 8.09. The molecule has 0 aliphatic carbocycles. The summed E-state index contributed by atoms with van der Waals surface area (Å²) in [5, 5.41) is 0.707. The lowest BCUT2D eigenvalue weighted by atomic mass is 10.1. The fraction of sp³-hybridized carbons (Fsp3) is 0.333. The number of carbonyl (C=O) groups excluding carboxylic acids is 1. The van der Waals surface area contributed by atoms with Gasteiger partial charge in [-0.05, 0) is 49.2 Å². The molecule has 6 heteroatoms. The zero-order valence-corrected chi connectivity index (χ0v) is 17.7. The SMILES string of the molecule is C=CCN1C[C@H](c2nc3ccccc3n2CCCCOc2ccc(Cl)cc2)CC1=O. The summed E-state index contributed by atoms with van der Waals surface area (Å²) in [6.07, 6.45) is 4.19. The summed E-state index contributed by atoms with van der Waals surface area (Å²) in [5.41, 5.74) is 2.11. The van der Waals surface area contributed by atoms with Gasteiger partial charge in [0.2, 0.25) is 5.91 Å². The van der Waals surface area contributed by atoms with Crippen molar-refractivity contribution in [2.24, 2.45) is 0 Å². The highest BCUT2D eigenvalue weighted by Gasteiger charge is 2.33. The maximum absolute atomic E-state index is 12.3. The van der Waals surface area contributed by atoms with Crippen LogP contribution in [0.5, 0.6) is 5.75 Å². The molecule has 0 bridgehead atoms. The van der Waals surface area contributed by atoms with E-state index >= 15 is 0 Å². The van der Waals surface area contributed by atoms with Crippen LogP contribution in [-0.2, 0) is 11.3 Å².